The van der Waals surface area contributed by atoms with Crippen molar-refractivity contribution in [1.29, 1.82) is 0 Å². The smallest absolute Gasteiger partial charge is 0.0299 e. The van der Waals surface area contributed by atoms with E-state index in [4.69, 9.17) is 0 Å². The lowest BCUT2D eigenvalue weighted by atomic mass is 10.2. The van der Waals surface area contributed by atoms with Gasteiger partial charge in [0, 0.05) is 12.4 Å². The van der Waals surface area contributed by atoms with Crippen molar-refractivity contribution in [2.45, 2.75) is 6.42 Å². The molecule has 0 N–H and O–H groups in total. The van der Waals surface area contributed by atoms with Crippen LogP contribution in [0, 0.1) is 0 Å². The fourth-order valence-corrected chi connectivity index (χ4v) is 4.77. The summed E-state index contributed by atoms with van der Waals surface area (Å²) in [7, 11) is -0.302. The van der Waals surface area contributed by atoms with Gasteiger partial charge >= 0.3 is 0 Å². The molecule has 1 nitrogen and oxygen atoms in total. The van der Waals surface area contributed by atoms with Crippen molar-refractivity contribution in [3.63, 3.8) is 0 Å². The van der Waals surface area contributed by atoms with Crippen LogP contribution in [0.15, 0.2) is 85.2 Å². The van der Waals surface area contributed by atoms with Crippen molar-refractivity contribution in [1.82, 2.24) is 4.98 Å². The Morgan fingerprint density at radius 3 is 1.86 bits per heavy atom. The maximum Gasteiger partial charge on any atom is 0.0299 e. The first-order valence-electron chi connectivity index (χ1n) is 7.20. The van der Waals surface area contributed by atoms with E-state index in [9.17, 15) is 0 Å². The highest BCUT2D eigenvalue weighted by atomic mass is 31.1. The quantitative estimate of drug-likeness (QED) is 0.652. The number of rotatable bonds is 5. The van der Waals surface area contributed by atoms with Crippen LogP contribution in [-0.4, -0.2) is 11.1 Å². The minimum atomic E-state index is -0.302. The van der Waals surface area contributed by atoms with Crippen LogP contribution in [0.4, 0.5) is 0 Å². The Balaban J connectivity index is 1.83. The van der Waals surface area contributed by atoms with E-state index >= 15 is 0 Å². The lowest BCUT2D eigenvalue weighted by Gasteiger charge is -2.18. The van der Waals surface area contributed by atoms with Crippen molar-refractivity contribution in [3.8, 4) is 0 Å². The van der Waals surface area contributed by atoms with Gasteiger partial charge in [-0.1, -0.05) is 66.7 Å². The second-order valence-electron chi connectivity index (χ2n) is 4.93. The van der Waals surface area contributed by atoms with Crippen LogP contribution in [0.25, 0.3) is 0 Å². The number of pyridine rings is 1. The van der Waals surface area contributed by atoms with Crippen LogP contribution < -0.4 is 10.6 Å². The molecule has 3 aromatic rings. The minimum Gasteiger partial charge on any atom is -0.264 e. The van der Waals surface area contributed by atoms with Crippen molar-refractivity contribution < 1.29 is 0 Å². The van der Waals surface area contributed by atoms with E-state index in [1.54, 1.807) is 0 Å². The van der Waals surface area contributed by atoms with E-state index in [2.05, 4.69) is 71.7 Å². The zero-order valence-electron chi connectivity index (χ0n) is 11.9. The largest absolute Gasteiger partial charge is 0.264 e. The molecule has 0 bridgehead atoms. The standard InChI is InChI=1S/C19H18NP/c1-3-9-18(10-4-1)21(19-11-5-2-6-12-19)15-13-17-8-7-14-20-16-17/h1-12,14,16H,13,15H2. The summed E-state index contributed by atoms with van der Waals surface area (Å²) in [5.41, 5.74) is 1.32. The summed E-state index contributed by atoms with van der Waals surface area (Å²) in [6, 6.07) is 25.9. The Kier molecular flexibility index (Phi) is 4.76. The summed E-state index contributed by atoms with van der Waals surface area (Å²) < 4.78 is 0. The molecule has 0 aliphatic heterocycles. The molecule has 0 unspecified atom stereocenters. The molecule has 0 atom stereocenters. The van der Waals surface area contributed by atoms with Gasteiger partial charge < -0.3 is 0 Å². The molecule has 0 spiro atoms. The van der Waals surface area contributed by atoms with Gasteiger partial charge in [-0.3, -0.25) is 4.98 Å². The van der Waals surface area contributed by atoms with E-state index in [1.807, 2.05) is 18.5 Å². The second-order valence-corrected chi connectivity index (χ2v) is 7.27. The number of aromatic nitrogens is 1. The molecule has 0 radical (unpaired) electrons. The van der Waals surface area contributed by atoms with Crippen LogP contribution in [0.2, 0.25) is 0 Å². The lowest BCUT2D eigenvalue weighted by molar-refractivity contribution is 1.11. The van der Waals surface area contributed by atoms with Crippen molar-refractivity contribution >= 4 is 18.5 Å². The average molecular weight is 291 g/mol. The molecule has 0 aliphatic rings. The minimum absolute atomic E-state index is 0.302. The highest BCUT2D eigenvalue weighted by Gasteiger charge is 2.13. The van der Waals surface area contributed by atoms with Gasteiger partial charge in [0.05, 0.1) is 0 Å². The topological polar surface area (TPSA) is 12.9 Å². The summed E-state index contributed by atoms with van der Waals surface area (Å²) >= 11 is 0. The van der Waals surface area contributed by atoms with Crippen LogP contribution >= 0.6 is 7.92 Å². The zero-order valence-corrected chi connectivity index (χ0v) is 12.8. The Hall–Kier alpha value is -1.98. The normalized spacial score (nSPS) is 10.7. The van der Waals surface area contributed by atoms with Gasteiger partial charge in [0.15, 0.2) is 0 Å². The Morgan fingerprint density at radius 1 is 0.714 bits per heavy atom. The van der Waals surface area contributed by atoms with E-state index in [0.29, 0.717) is 0 Å². The third kappa shape index (κ3) is 3.77. The van der Waals surface area contributed by atoms with E-state index in [0.717, 1.165) is 12.6 Å². The zero-order chi connectivity index (χ0) is 14.3. The first-order valence-corrected chi connectivity index (χ1v) is 8.73. The molecule has 0 aliphatic carbocycles. The molecular weight excluding hydrogens is 273 g/mol. The van der Waals surface area contributed by atoms with Gasteiger partial charge in [0.1, 0.15) is 0 Å². The number of hydrogen-bond donors (Lipinski definition) is 0. The fourth-order valence-electron chi connectivity index (χ4n) is 2.41. The van der Waals surface area contributed by atoms with Gasteiger partial charge in [0.25, 0.3) is 0 Å². The second kappa shape index (κ2) is 7.15. The van der Waals surface area contributed by atoms with Crippen LogP contribution in [0.3, 0.4) is 0 Å². The predicted octanol–water partition coefficient (Wildman–Crippen LogP) is 3.76. The summed E-state index contributed by atoms with van der Waals surface area (Å²) in [4.78, 5) is 4.22. The monoisotopic (exact) mass is 291 g/mol. The molecule has 2 heteroatoms. The molecule has 3 rings (SSSR count). The molecule has 1 heterocycles. The maximum absolute atomic E-state index is 4.22. The van der Waals surface area contributed by atoms with Crippen molar-refractivity contribution in [3.05, 3.63) is 90.8 Å². The molecule has 21 heavy (non-hydrogen) atoms. The van der Waals surface area contributed by atoms with Gasteiger partial charge in [-0.05, 0) is 42.7 Å². The number of hydrogen-bond acceptors (Lipinski definition) is 1. The Labute approximate surface area is 127 Å². The number of aryl methyl sites for hydroxylation is 1. The summed E-state index contributed by atoms with van der Waals surface area (Å²) in [5.74, 6) is 0. The van der Waals surface area contributed by atoms with Crippen LogP contribution in [0.1, 0.15) is 5.56 Å². The number of benzene rings is 2. The molecule has 0 saturated heterocycles. The fraction of sp³-hybridized carbons (Fsp3) is 0.105. The van der Waals surface area contributed by atoms with E-state index in [-0.39, 0.29) is 7.92 Å². The first-order chi connectivity index (χ1) is 10.4. The first kappa shape index (κ1) is 14.0. The Morgan fingerprint density at radius 2 is 1.33 bits per heavy atom. The van der Waals surface area contributed by atoms with Crippen molar-refractivity contribution in [2.24, 2.45) is 0 Å². The maximum atomic E-state index is 4.22. The molecule has 0 saturated carbocycles. The SMILES string of the molecule is c1ccc(P(CCc2cccnc2)c2ccccc2)cc1. The highest BCUT2D eigenvalue weighted by Crippen LogP contribution is 2.34. The van der Waals surface area contributed by atoms with Gasteiger partial charge in [-0.15, -0.1) is 0 Å². The van der Waals surface area contributed by atoms with Gasteiger partial charge in [-0.25, -0.2) is 0 Å². The molecular formula is C19H18NP. The van der Waals surface area contributed by atoms with Gasteiger partial charge in [-0.2, -0.15) is 0 Å². The Bertz CT molecular complexity index is 613. The van der Waals surface area contributed by atoms with Crippen molar-refractivity contribution in [2.75, 3.05) is 6.16 Å². The molecule has 1 aromatic heterocycles. The summed E-state index contributed by atoms with van der Waals surface area (Å²) in [6.07, 6.45) is 6.04. The van der Waals surface area contributed by atoms with Crippen LogP contribution in [0.5, 0.6) is 0 Å². The van der Waals surface area contributed by atoms with Crippen LogP contribution in [-0.2, 0) is 6.42 Å². The molecule has 104 valence electrons. The lowest BCUT2D eigenvalue weighted by Crippen LogP contribution is -2.14. The van der Waals surface area contributed by atoms with E-state index in [1.165, 1.54) is 16.2 Å². The number of nitrogens with zero attached hydrogens (tertiary/aromatic N) is 1. The third-order valence-corrected chi connectivity index (χ3v) is 6.00. The average Bonchev–Trinajstić information content (AvgIpc) is 2.58. The summed E-state index contributed by atoms with van der Waals surface area (Å²) in [6.45, 7) is 0. The summed E-state index contributed by atoms with van der Waals surface area (Å²) in [5, 5.41) is 2.89. The molecule has 2 aromatic carbocycles. The third-order valence-electron chi connectivity index (χ3n) is 3.48. The van der Waals surface area contributed by atoms with Gasteiger partial charge in [0.2, 0.25) is 0 Å². The van der Waals surface area contributed by atoms with E-state index < -0.39 is 0 Å². The predicted molar refractivity (Wildman–Crippen MR) is 91.9 cm³/mol. The molecule has 0 fully saturated rings. The highest BCUT2D eigenvalue weighted by molar-refractivity contribution is 7.73. The molecule has 0 amide bonds.